The molecule has 1 aromatic rings. The first-order chi connectivity index (χ1) is 9.09. The highest BCUT2D eigenvalue weighted by molar-refractivity contribution is 5.26. The topological polar surface area (TPSA) is 9.23 Å². The van der Waals surface area contributed by atoms with E-state index in [9.17, 15) is 0 Å². The molecule has 0 aliphatic heterocycles. The Morgan fingerprint density at radius 2 is 1.50 bits per heavy atom. The van der Waals surface area contributed by atoms with Gasteiger partial charge in [0.25, 0.3) is 0 Å². The fourth-order valence-electron chi connectivity index (χ4n) is 2.13. The van der Waals surface area contributed by atoms with Crippen LogP contribution in [0, 0.1) is 5.41 Å². The molecule has 1 unspecified atom stereocenters. The molecule has 114 valence electrons. The van der Waals surface area contributed by atoms with Gasteiger partial charge in [0.15, 0.2) is 0 Å². The molecule has 20 heavy (non-hydrogen) atoms. The minimum absolute atomic E-state index is 0.0218. The normalized spacial score (nSPS) is 14.3. The van der Waals surface area contributed by atoms with Crippen molar-refractivity contribution in [3.05, 3.63) is 35.4 Å². The quantitative estimate of drug-likeness (QED) is 0.637. The Morgan fingerprint density at radius 1 is 0.950 bits per heavy atom. The van der Waals surface area contributed by atoms with Gasteiger partial charge in [0, 0.05) is 6.61 Å². The molecule has 0 spiro atoms. The lowest BCUT2D eigenvalue weighted by molar-refractivity contribution is -0.00384. The van der Waals surface area contributed by atoms with Crippen LogP contribution < -0.4 is 0 Å². The third-order valence-corrected chi connectivity index (χ3v) is 3.92. The van der Waals surface area contributed by atoms with E-state index in [4.69, 9.17) is 4.74 Å². The van der Waals surface area contributed by atoms with Crippen molar-refractivity contribution in [2.45, 2.75) is 72.8 Å². The number of hydrogen-bond donors (Lipinski definition) is 0. The zero-order valence-corrected chi connectivity index (χ0v) is 14.4. The molecule has 0 aliphatic carbocycles. The van der Waals surface area contributed by atoms with Crippen molar-refractivity contribution in [3.8, 4) is 0 Å². The van der Waals surface area contributed by atoms with Crippen LogP contribution in [0.25, 0.3) is 0 Å². The van der Waals surface area contributed by atoms with E-state index in [1.165, 1.54) is 11.1 Å². The Morgan fingerprint density at radius 3 is 1.95 bits per heavy atom. The summed E-state index contributed by atoms with van der Waals surface area (Å²) in [6.45, 7) is 16.4. The van der Waals surface area contributed by atoms with E-state index in [2.05, 4.69) is 72.7 Å². The summed E-state index contributed by atoms with van der Waals surface area (Å²) >= 11 is 0. The highest BCUT2D eigenvalue weighted by Crippen LogP contribution is 2.34. The number of aryl methyl sites for hydroxylation is 1. The summed E-state index contributed by atoms with van der Waals surface area (Å²) in [6.07, 6.45) is 2.19. The van der Waals surface area contributed by atoms with Crippen molar-refractivity contribution in [2.24, 2.45) is 5.41 Å². The maximum Gasteiger partial charge on any atom is 0.0598 e. The van der Waals surface area contributed by atoms with E-state index in [1.54, 1.807) is 0 Å². The molecule has 0 fully saturated rings. The average molecular weight is 276 g/mol. The van der Waals surface area contributed by atoms with Crippen LogP contribution >= 0.6 is 0 Å². The second kappa shape index (κ2) is 6.76. The third kappa shape index (κ3) is 6.09. The zero-order chi connectivity index (χ0) is 15.4. The molecule has 0 radical (unpaired) electrons. The predicted octanol–water partition coefficient (Wildman–Crippen LogP) is 5.58. The van der Waals surface area contributed by atoms with E-state index in [0.29, 0.717) is 11.3 Å². The first-order valence-corrected chi connectivity index (χ1v) is 7.82. The minimum Gasteiger partial charge on any atom is -0.376 e. The molecule has 1 atom stereocenters. The zero-order valence-electron chi connectivity index (χ0n) is 14.4. The Hall–Kier alpha value is -0.820. The molecule has 1 aromatic carbocycles. The second-order valence-electron chi connectivity index (χ2n) is 7.89. The first-order valence-electron chi connectivity index (χ1n) is 7.82. The summed E-state index contributed by atoms with van der Waals surface area (Å²) < 4.78 is 5.76. The lowest BCUT2D eigenvalue weighted by atomic mass is 9.78. The van der Waals surface area contributed by atoms with E-state index in [-0.39, 0.29) is 5.60 Å². The van der Waals surface area contributed by atoms with Gasteiger partial charge in [-0.2, -0.15) is 0 Å². The molecule has 1 nitrogen and oxygen atoms in total. The lowest BCUT2D eigenvalue weighted by Crippen LogP contribution is -2.19. The van der Waals surface area contributed by atoms with Gasteiger partial charge < -0.3 is 4.74 Å². The van der Waals surface area contributed by atoms with Gasteiger partial charge in [0.1, 0.15) is 0 Å². The Balaban J connectivity index is 2.47. The summed E-state index contributed by atoms with van der Waals surface area (Å²) in [5.74, 6) is 0.584. The maximum atomic E-state index is 5.76. The van der Waals surface area contributed by atoms with Crippen LogP contribution in [-0.4, -0.2) is 12.2 Å². The highest BCUT2D eigenvalue weighted by atomic mass is 16.5. The Labute approximate surface area is 125 Å². The smallest absolute Gasteiger partial charge is 0.0598 e. The van der Waals surface area contributed by atoms with Crippen molar-refractivity contribution in [3.63, 3.8) is 0 Å². The number of hydrogen-bond acceptors (Lipinski definition) is 1. The van der Waals surface area contributed by atoms with Crippen molar-refractivity contribution in [1.29, 1.82) is 0 Å². The molecule has 1 rings (SSSR count). The maximum absolute atomic E-state index is 5.76. The molecule has 0 saturated heterocycles. The van der Waals surface area contributed by atoms with Crippen molar-refractivity contribution >= 4 is 0 Å². The molecule has 0 N–H and O–H groups in total. The summed E-state index contributed by atoms with van der Waals surface area (Å²) in [7, 11) is 0. The number of benzene rings is 1. The lowest BCUT2D eigenvalue weighted by Gasteiger charge is -2.27. The average Bonchev–Trinajstić information content (AvgIpc) is 2.32. The molecule has 0 amide bonds. The van der Waals surface area contributed by atoms with E-state index >= 15 is 0 Å². The highest BCUT2D eigenvalue weighted by Gasteiger charge is 2.21. The summed E-state index contributed by atoms with van der Waals surface area (Å²) in [6, 6.07) is 9.12. The van der Waals surface area contributed by atoms with Crippen molar-refractivity contribution in [2.75, 3.05) is 6.61 Å². The summed E-state index contributed by atoms with van der Waals surface area (Å²) in [5, 5.41) is 0. The van der Waals surface area contributed by atoms with Gasteiger partial charge in [-0.3, -0.25) is 0 Å². The van der Waals surface area contributed by atoms with E-state index < -0.39 is 0 Å². The molecule has 0 bridgehead atoms. The van der Waals surface area contributed by atoms with Crippen LogP contribution in [0.1, 0.15) is 71.9 Å². The standard InChI is InChI=1S/C19H32O/c1-15(18(2,3)4)17-12-10-16(11-13-17)9-8-14-20-19(5,6)7/h10-13,15H,8-9,14H2,1-7H3. The van der Waals surface area contributed by atoms with Gasteiger partial charge in [-0.15, -0.1) is 0 Å². The second-order valence-corrected chi connectivity index (χ2v) is 7.89. The fraction of sp³-hybridized carbons (Fsp3) is 0.684. The molecule has 1 heteroatoms. The van der Waals surface area contributed by atoms with E-state index in [0.717, 1.165) is 19.4 Å². The first kappa shape index (κ1) is 17.2. The number of ether oxygens (including phenoxy) is 1. The van der Waals surface area contributed by atoms with Crippen LogP contribution in [0.5, 0.6) is 0 Å². The van der Waals surface area contributed by atoms with Gasteiger partial charge in [0.05, 0.1) is 5.60 Å². The minimum atomic E-state index is -0.0218. The molecule has 0 saturated carbocycles. The molecular formula is C19H32O. The van der Waals surface area contributed by atoms with E-state index in [1.807, 2.05) is 0 Å². The van der Waals surface area contributed by atoms with Gasteiger partial charge in [0.2, 0.25) is 0 Å². The Bertz CT molecular complexity index is 389. The molecule has 0 heterocycles. The summed E-state index contributed by atoms with van der Waals surface area (Å²) in [4.78, 5) is 0. The molecular weight excluding hydrogens is 244 g/mol. The van der Waals surface area contributed by atoms with Gasteiger partial charge in [-0.25, -0.2) is 0 Å². The third-order valence-electron chi connectivity index (χ3n) is 3.92. The van der Waals surface area contributed by atoms with Crippen LogP contribution in [0.4, 0.5) is 0 Å². The SMILES string of the molecule is CC(c1ccc(CCCOC(C)(C)C)cc1)C(C)(C)C. The molecule has 0 aromatic heterocycles. The van der Waals surface area contributed by atoms with Gasteiger partial charge >= 0.3 is 0 Å². The Kier molecular flexibility index (Phi) is 5.82. The van der Waals surface area contributed by atoms with Gasteiger partial charge in [-0.05, 0) is 56.1 Å². The predicted molar refractivity (Wildman–Crippen MR) is 88.3 cm³/mol. The van der Waals surface area contributed by atoms with Crippen LogP contribution in [0.15, 0.2) is 24.3 Å². The number of rotatable bonds is 5. The van der Waals surface area contributed by atoms with Crippen molar-refractivity contribution < 1.29 is 4.74 Å². The van der Waals surface area contributed by atoms with Crippen LogP contribution in [0.2, 0.25) is 0 Å². The fourth-order valence-corrected chi connectivity index (χ4v) is 2.13. The van der Waals surface area contributed by atoms with Crippen LogP contribution in [-0.2, 0) is 11.2 Å². The van der Waals surface area contributed by atoms with Crippen LogP contribution in [0.3, 0.4) is 0 Å². The summed E-state index contributed by atoms with van der Waals surface area (Å²) in [5.41, 5.74) is 3.15. The monoisotopic (exact) mass is 276 g/mol. The molecule has 0 aliphatic rings. The van der Waals surface area contributed by atoms with Crippen molar-refractivity contribution in [1.82, 2.24) is 0 Å². The van der Waals surface area contributed by atoms with Gasteiger partial charge in [-0.1, -0.05) is 52.0 Å². The largest absolute Gasteiger partial charge is 0.376 e.